The zero-order chi connectivity index (χ0) is 9.80. The van der Waals surface area contributed by atoms with E-state index in [-0.39, 0.29) is 8.46 Å². The molecule has 0 atom stereocenters. The van der Waals surface area contributed by atoms with Gasteiger partial charge in [0.25, 0.3) is 0 Å². The van der Waals surface area contributed by atoms with E-state index < -0.39 is 0 Å². The Labute approximate surface area is 83.8 Å². The smallest absolute Gasteiger partial charge is 0.212 e. The summed E-state index contributed by atoms with van der Waals surface area (Å²) in [6.45, 7) is 0. The third-order valence-corrected chi connectivity index (χ3v) is 2.33. The molecule has 0 aliphatic rings. The summed E-state index contributed by atoms with van der Waals surface area (Å²) in [7, 11) is -0.0366. The summed E-state index contributed by atoms with van der Waals surface area (Å²) in [4.78, 5) is 4.24. The Morgan fingerprint density at radius 2 is 1.71 bits per heavy atom. The molecule has 0 spiro atoms. The highest BCUT2D eigenvalue weighted by molar-refractivity contribution is 7.33. The lowest BCUT2D eigenvalue weighted by Crippen LogP contribution is -1.98. The normalized spacial score (nSPS) is 10.3. The van der Waals surface area contributed by atoms with Crippen LogP contribution >= 0.6 is 8.46 Å². The third kappa shape index (κ3) is 1.86. The second-order valence-corrected chi connectivity index (χ2v) is 3.48. The van der Waals surface area contributed by atoms with E-state index in [9.17, 15) is 4.57 Å². The Morgan fingerprint density at radius 1 is 0.929 bits per heavy atom. The molecular formula is C11H8NOP. The maximum Gasteiger partial charge on any atom is 0.212 e. The lowest BCUT2D eigenvalue weighted by molar-refractivity contribution is 0.602. The van der Waals surface area contributed by atoms with Crippen LogP contribution in [0.5, 0.6) is 0 Å². The Bertz CT molecular complexity index is 442. The van der Waals surface area contributed by atoms with Crippen LogP contribution in [0.2, 0.25) is 0 Å². The summed E-state index contributed by atoms with van der Waals surface area (Å²) in [6, 6.07) is 15.3. The van der Waals surface area contributed by atoms with E-state index in [1.165, 1.54) is 0 Å². The molecule has 0 radical (unpaired) electrons. The molecule has 2 rings (SSSR count). The maximum absolute atomic E-state index is 10.6. The molecule has 1 aromatic carbocycles. The van der Waals surface area contributed by atoms with E-state index >= 15 is 0 Å². The number of hydrogen-bond acceptors (Lipinski definition) is 2. The highest BCUT2D eigenvalue weighted by Crippen LogP contribution is 2.14. The molecule has 0 unspecified atom stereocenters. The molecule has 3 heteroatoms. The van der Waals surface area contributed by atoms with Crippen LogP contribution in [-0.4, -0.2) is 4.98 Å². The van der Waals surface area contributed by atoms with E-state index in [1.807, 2.05) is 42.5 Å². The molecule has 2 aromatic rings. The molecule has 14 heavy (non-hydrogen) atoms. The van der Waals surface area contributed by atoms with E-state index in [0.717, 1.165) is 11.3 Å². The number of aromatic nitrogens is 1. The highest BCUT2D eigenvalue weighted by atomic mass is 31.1. The van der Waals surface area contributed by atoms with E-state index in [0.29, 0.717) is 5.44 Å². The summed E-state index contributed by atoms with van der Waals surface area (Å²) in [6.07, 6.45) is 0. The first-order chi connectivity index (χ1) is 6.90. The molecule has 68 valence electrons. The fourth-order valence-corrected chi connectivity index (χ4v) is 1.54. The van der Waals surface area contributed by atoms with Crippen molar-refractivity contribution in [3.63, 3.8) is 0 Å². The van der Waals surface area contributed by atoms with Crippen molar-refractivity contribution in [2.75, 3.05) is 0 Å². The largest absolute Gasteiger partial charge is 0.268 e. The van der Waals surface area contributed by atoms with Gasteiger partial charge in [-0.1, -0.05) is 36.4 Å². The molecule has 0 fully saturated rings. The van der Waals surface area contributed by atoms with Crippen LogP contribution in [0.4, 0.5) is 0 Å². The van der Waals surface area contributed by atoms with Crippen LogP contribution < -0.4 is 5.44 Å². The Hall–Kier alpha value is -1.53. The van der Waals surface area contributed by atoms with E-state index in [4.69, 9.17) is 0 Å². The summed E-state index contributed by atoms with van der Waals surface area (Å²) in [5.41, 5.74) is 2.45. The molecule has 0 aliphatic heterocycles. The number of nitrogens with zero attached hydrogens (tertiary/aromatic N) is 1. The van der Waals surface area contributed by atoms with Crippen LogP contribution in [-0.2, 0) is 4.57 Å². The van der Waals surface area contributed by atoms with Gasteiger partial charge in [0, 0.05) is 5.56 Å². The summed E-state index contributed by atoms with van der Waals surface area (Å²) in [5.74, 6) is 0. The zero-order valence-corrected chi connectivity index (χ0v) is 8.32. The molecule has 1 heterocycles. The molecule has 0 saturated heterocycles. The van der Waals surface area contributed by atoms with Crippen molar-refractivity contribution in [2.45, 2.75) is 0 Å². The first kappa shape index (κ1) is 9.04. The lowest BCUT2D eigenvalue weighted by atomic mass is 10.1. The first-order valence-electron chi connectivity index (χ1n) is 4.26. The molecule has 0 aliphatic carbocycles. The van der Waals surface area contributed by atoms with E-state index in [1.54, 1.807) is 6.07 Å². The van der Waals surface area contributed by atoms with Crippen LogP contribution in [0.15, 0.2) is 48.5 Å². The van der Waals surface area contributed by atoms with Gasteiger partial charge in [-0.05, 0) is 12.1 Å². The third-order valence-electron chi connectivity index (χ3n) is 1.90. The van der Waals surface area contributed by atoms with Gasteiger partial charge in [-0.2, -0.15) is 0 Å². The van der Waals surface area contributed by atoms with Gasteiger partial charge >= 0.3 is 0 Å². The minimum atomic E-state index is -0.0366. The number of benzene rings is 1. The highest BCUT2D eigenvalue weighted by Gasteiger charge is 1.99. The van der Waals surface area contributed by atoms with Crippen molar-refractivity contribution >= 4 is 13.9 Å². The van der Waals surface area contributed by atoms with Crippen LogP contribution in [0.1, 0.15) is 0 Å². The summed E-state index contributed by atoms with van der Waals surface area (Å²) >= 11 is 0. The monoisotopic (exact) mass is 201 g/mol. The van der Waals surface area contributed by atoms with Gasteiger partial charge in [-0.15, -0.1) is 0 Å². The van der Waals surface area contributed by atoms with E-state index in [2.05, 4.69) is 4.98 Å². The molecule has 0 amide bonds. The quantitative estimate of drug-likeness (QED) is 0.699. The topological polar surface area (TPSA) is 30.0 Å². The minimum Gasteiger partial charge on any atom is -0.268 e. The van der Waals surface area contributed by atoms with Gasteiger partial charge in [0.1, 0.15) is 5.44 Å². The lowest BCUT2D eigenvalue weighted by Gasteiger charge is -1.99. The van der Waals surface area contributed by atoms with Crippen molar-refractivity contribution in [3.05, 3.63) is 48.5 Å². The molecule has 1 aromatic heterocycles. The maximum atomic E-state index is 10.6. The SMILES string of the molecule is O=Pc1cccc(-c2ccccc2)n1. The molecular weight excluding hydrogens is 193 g/mol. The summed E-state index contributed by atoms with van der Waals surface area (Å²) in [5, 5.41) is 0. The minimum absolute atomic E-state index is 0.0366. The van der Waals surface area contributed by atoms with Gasteiger partial charge in [-0.3, -0.25) is 4.57 Å². The fraction of sp³-hybridized carbons (Fsp3) is 0. The number of hydrogen-bond donors (Lipinski definition) is 0. The van der Waals surface area contributed by atoms with Crippen molar-refractivity contribution in [3.8, 4) is 11.3 Å². The second kappa shape index (κ2) is 4.12. The molecule has 0 N–H and O–H groups in total. The Kier molecular flexibility index (Phi) is 2.66. The standard InChI is InChI=1S/C11H8NOP/c13-14-11-8-4-7-10(12-11)9-5-2-1-3-6-9/h1-8H. The Morgan fingerprint density at radius 3 is 2.43 bits per heavy atom. The summed E-state index contributed by atoms with van der Waals surface area (Å²) < 4.78 is 10.6. The Balaban J connectivity index is 2.47. The van der Waals surface area contributed by atoms with Crippen molar-refractivity contribution in [2.24, 2.45) is 0 Å². The van der Waals surface area contributed by atoms with Gasteiger partial charge in [-0.25, -0.2) is 4.98 Å². The number of pyridine rings is 1. The van der Waals surface area contributed by atoms with Gasteiger partial charge < -0.3 is 0 Å². The number of rotatable bonds is 2. The van der Waals surface area contributed by atoms with Gasteiger partial charge in [0.05, 0.1) is 5.69 Å². The van der Waals surface area contributed by atoms with Crippen LogP contribution in [0.25, 0.3) is 11.3 Å². The molecule has 0 saturated carbocycles. The predicted molar refractivity (Wildman–Crippen MR) is 56.9 cm³/mol. The van der Waals surface area contributed by atoms with Gasteiger partial charge in [0.2, 0.25) is 8.46 Å². The average molecular weight is 201 g/mol. The molecule has 2 nitrogen and oxygen atoms in total. The average Bonchev–Trinajstić information content (AvgIpc) is 2.30. The van der Waals surface area contributed by atoms with Crippen LogP contribution in [0, 0.1) is 0 Å². The van der Waals surface area contributed by atoms with Crippen molar-refractivity contribution < 1.29 is 4.57 Å². The fourth-order valence-electron chi connectivity index (χ4n) is 1.24. The van der Waals surface area contributed by atoms with Crippen LogP contribution in [0.3, 0.4) is 0 Å². The zero-order valence-electron chi connectivity index (χ0n) is 7.42. The first-order valence-corrected chi connectivity index (χ1v) is 5.07. The second-order valence-electron chi connectivity index (χ2n) is 2.84. The predicted octanol–water partition coefficient (Wildman–Crippen LogP) is 2.67. The molecule has 0 bridgehead atoms. The van der Waals surface area contributed by atoms with Gasteiger partial charge in [0.15, 0.2) is 0 Å². The van der Waals surface area contributed by atoms with Crippen molar-refractivity contribution in [1.82, 2.24) is 4.98 Å². The van der Waals surface area contributed by atoms with Crippen molar-refractivity contribution in [1.29, 1.82) is 0 Å².